The molecular weight excluding hydrogens is 220 g/mol. The Morgan fingerprint density at radius 2 is 1.72 bits per heavy atom. The lowest BCUT2D eigenvalue weighted by molar-refractivity contribution is 0.0695. The lowest BCUT2D eigenvalue weighted by Crippen LogP contribution is -2.54. The summed E-state index contributed by atoms with van der Waals surface area (Å²) in [5, 5.41) is 3.76. The number of nitrogens with one attached hydrogen (secondary N) is 1. The van der Waals surface area contributed by atoms with E-state index in [2.05, 4.69) is 51.8 Å². The molecule has 0 amide bonds. The molecule has 108 valence electrons. The van der Waals surface area contributed by atoms with Crippen LogP contribution in [-0.4, -0.2) is 36.1 Å². The summed E-state index contributed by atoms with van der Waals surface area (Å²) in [4.78, 5) is 2.72. The highest BCUT2D eigenvalue weighted by Crippen LogP contribution is 2.26. The van der Waals surface area contributed by atoms with Crippen LogP contribution >= 0.6 is 0 Å². The minimum atomic E-state index is 0.339. The van der Waals surface area contributed by atoms with Gasteiger partial charge in [-0.25, -0.2) is 0 Å². The molecular formula is C16H34N2. The van der Waals surface area contributed by atoms with Gasteiger partial charge in [0, 0.05) is 24.7 Å². The fraction of sp³-hybridized carbons (Fsp3) is 1.00. The molecule has 3 atom stereocenters. The molecule has 2 heteroatoms. The number of piperidine rings is 1. The Balaban J connectivity index is 2.63. The summed E-state index contributed by atoms with van der Waals surface area (Å²) in [7, 11) is 0. The number of hydrogen-bond donors (Lipinski definition) is 1. The summed E-state index contributed by atoms with van der Waals surface area (Å²) in [6.07, 6.45) is 5.36. The predicted octanol–water partition coefficient (Wildman–Crippen LogP) is 3.66. The molecule has 3 unspecified atom stereocenters. The second-order valence-electron chi connectivity index (χ2n) is 7.20. The smallest absolute Gasteiger partial charge is 0.0243 e. The molecule has 2 nitrogen and oxygen atoms in total. The van der Waals surface area contributed by atoms with Crippen molar-refractivity contribution in [2.45, 2.75) is 85.4 Å². The Morgan fingerprint density at radius 3 is 2.17 bits per heavy atom. The first-order valence-corrected chi connectivity index (χ1v) is 7.85. The first kappa shape index (κ1) is 16.0. The number of hydrogen-bond acceptors (Lipinski definition) is 2. The van der Waals surface area contributed by atoms with Gasteiger partial charge >= 0.3 is 0 Å². The Morgan fingerprint density at radius 1 is 1.17 bits per heavy atom. The van der Waals surface area contributed by atoms with Gasteiger partial charge in [-0.2, -0.15) is 0 Å². The molecule has 0 bridgehead atoms. The molecule has 1 N–H and O–H groups in total. The van der Waals surface area contributed by atoms with Crippen LogP contribution in [0.15, 0.2) is 0 Å². The van der Waals surface area contributed by atoms with E-state index in [9.17, 15) is 0 Å². The Kier molecular flexibility index (Phi) is 6.13. The summed E-state index contributed by atoms with van der Waals surface area (Å²) in [6.45, 7) is 16.5. The number of rotatable bonds is 5. The van der Waals surface area contributed by atoms with Crippen molar-refractivity contribution in [2.24, 2.45) is 5.41 Å². The zero-order valence-electron chi connectivity index (χ0n) is 13.4. The minimum absolute atomic E-state index is 0.339. The van der Waals surface area contributed by atoms with Crippen LogP contribution in [0, 0.1) is 5.41 Å². The van der Waals surface area contributed by atoms with E-state index in [1.54, 1.807) is 0 Å². The minimum Gasteiger partial charge on any atom is -0.312 e. The fourth-order valence-electron chi connectivity index (χ4n) is 3.01. The monoisotopic (exact) mass is 254 g/mol. The highest BCUT2D eigenvalue weighted by Gasteiger charge is 2.31. The van der Waals surface area contributed by atoms with Gasteiger partial charge in [-0.05, 0) is 45.1 Å². The van der Waals surface area contributed by atoms with Crippen molar-refractivity contribution in [3.63, 3.8) is 0 Å². The van der Waals surface area contributed by atoms with Crippen molar-refractivity contribution < 1.29 is 0 Å². The highest BCUT2D eigenvalue weighted by molar-refractivity contribution is 4.88. The van der Waals surface area contributed by atoms with Crippen LogP contribution in [0.25, 0.3) is 0 Å². The standard InChI is InChI=1S/C16H34N2/c1-7-11-17-15(16(4,5)6)12-18-13(2)9-8-10-14(18)3/h13-15,17H,7-12H2,1-6H3. The quantitative estimate of drug-likeness (QED) is 0.805. The Labute approximate surface area is 115 Å². The normalized spacial score (nSPS) is 28.3. The first-order valence-electron chi connectivity index (χ1n) is 7.85. The molecule has 0 radical (unpaired) electrons. The van der Waals surface area contributed by atoms with Crippen molar-refractivity contribution in [2.75, 3.05) is 13.1 Å². The van der Waals surface area contributed by atoms with E-state index in [-0.39, 0.29) is 0 Å². The lowest BCUT2D eigenvalue weighted by Gasteiger charge is -2.44. The molecule has 1 fully saturated rings. The summed E-state index contributed by atoms with van der Waals surface area (Å²) in [6, 6.07) is 2.10. The van der Waals surface area contributed by atoms with Gasteiger partial charge in [-0.3, -0.25) is 4.90 Å². The van der Waals surface area contributed by atoms with Crippen LogP contribution in [0.5, 0.6) is 0 Å². The molecule has 1 aliphatic heterocycles. The average Bonchev–Trinajstić information content (AvgIpc) is 2.26. The largest absolute Gasteiger partial charge is 0.312 e. The van der Waals surface area contributed by atoms with Crippen LogP contribution < -0.4 is 5.32 Å². The molecule has 18 heavy (non-hydrogen) atoms. The van der Waals surface area contributed by atoms with Gasteiger partial charge in [0.15, 0.2) is 0 Å². The molecule has 1 aliphatic rings. The molecule has 0 saturated carbocycles. The van der Waals surface area contributed by atoms with E-state index in [1.807, 2.05) is 0 Å². The van der Waals surface area contributed by atoms with Crippen LogP contribution in [0.3, 0.4) is 0 Å². The first-order chi connectivity index (χ1) is 8.36. The van der Waals surface area contributed by atoms with Gasteiger partial charge in [0.05, 0.1) is 0 Å². The molecule has 0 aromatic rings. The van der Waals surface area contributed by atoms with Gasteiger partial charge < -0.3 is 5.32 Å². The molecule has 0 aliphatic carbocycles. The van der Waals surface area contributed by atoms with Crippen molar-refractivity contribution in [3.05, 3.63) is 0 Å². The Hall–Kier alpha value is -0.0800. The maximum Gasteiger partial charge on any atom is 0.0243 e. The fourth-order valence-corrected chi connectivity index (χ4v) is 3.01. The van der Waals surface area contributed by atoms with Crippen molar-refractivity contribution >= 4 is 0 Å². The van der Waals surface area contributed by atoms with E-state index in [0.717, 1.165) is 18.6 Å². The third-order valence-electron chi connectivity index (χ3n) is 4.46. The van der Waals surface area contributed by atoms with Crippen LogP contribution in [0.1, 0.15) is 67.2 Å². The van der Waals surface area contributed by atoms with Crippen molar-refractivity contribution in [1.82, 2.24) is 10.2 Å². The SMILES string of the molecule is CCCNC(CN1C(C)CCCC1C)C(C)(C)C. The van der Waals surface area contributed by atoms with Gasteiger partial charge in [0.2, 0.25) is 0 Å². The third kappa shape index (κ3) is 4.55. The van der Waals surface area contributed by atoms with Gasteiger partial charge in [-0.1, -0.05) is 34.1 Å². The van der Waals surface area contributed by atoms with E-state index in [0.29, 0.717) is 11.5 Å². The topological polar surface area (TPSA) is 15.3 Å². The van der Waals surface area contributed by atoms with Crippen LogP contribution in [-0.2, 0) is 0 Å². The second kappa shape index (κ2) is 6.91. The molecule has 1 saturated heterocycles. The van der Waals surface area contributed by atoms with Gasteiger partial charge in [-0.15, -0.1) is 0 Å². The van der Waals surface area contributed by atoms with Crippen LogP contribution in [0.2, 0.25) is 0 Å². The van der Waals surface area contributed by atoms with E-state index < -0.39 is 0 Å². The molecule has 0 aromatic heterocycles. The van der Waals surface area contributed by atoms with E-state index in [4.69, 9.17) is 0 Å². The van der Waals surface area contributed by atoms with Crippen molar-refractivity contribution in [3.8, 4) is 0 Å². The van der Waals surface area contributed by atoms with Crippen LogP contribution in [0.4, 0.5) is 0 Å². The van der Waals surface area contributed by atoms with Gasteiger partial charge in [0.1, 0.15) is 0 Å². The predicted molar refractivity (Wildman–Crippen MR) is 81.0 cm³/mol. The summed E-state index contributed by atoms with van der Waals surface area (Å²) in [5.74, 6) is 0. The lowest BCUT2D eigenvalue weighted by atomic mass is 9.85. The van der Waals surface area contributed by atoms with Gasteiger partial charge in [0.25, 0.3) is 0 Å². The Bertz CT molecular complexity index is 222. The maximum atomic E-state index is 3.76. The highest BCUT2D eigenvalue weighted by atomic mass is 15.2. The maximum absolute atomic E-state index is 3.76. The van der Waals surface area contributed by atoms with Crippen molar-refractivity contribution in [1.29, 1.82) is 0 Å². The number of likely N-dealkylation sites (tertiary alicyclic amines) is 1. The zero-order chi connectivity index (χ0) is 13.8. The van der Waals surface area contributed by atoms with E-state index >= 15 is 0 Å². The summed E-state index contributed by atoms with van der Waals surface area (Å²) in [5.41, 5.74) is 0.339. The molecule has 1 rings (SSSR count). The molecule has 1 heterocycles. The third-order valence-corrected chi connectivity index (χ3v) is 4.46. The zero-order valence-corrected chi connectivity index (χ0v) is 13.4. The average molecular weight is 254 g/mol. The summed E-state index contributed by atoms with van der Waals surface area (Å²) < 4.78 is 0. The molecule has 0 aromatic carbocycles. The number of nitrogens with zero attached hydrogens (tertiary/aromatic N) is 1. The van der Waals surface area contributed by atoms with E-state index in [1.165, 1.54) is 32.2 Å². The second-order valence-corrected chi connectivity index (χ2v) is 7.20. The molecule has 0 spiro atoms. The summed E-state index contributed by atoms with van der Waals surface area (Å²) >= 11 is 0.